The van der Waals surface area contributed by atoms with E-state index in [4.69, 9.17) is 5.73 Å². The van der Waals surface area contributed by atoms with Gasteiger partial charge in [-0.05, 0) is 35.2 Å². The van der Waals surface area contributed by atoms with Crippen LogP contribution in [-0.2, 0) is 6.42 Å². The summed E-state index contributed by atoms with van der Waals surface area (Å²) in [5, 5.41) is 2.37. The average molecular weight is 279 g/mol. The van der Waals surface area contributed by atoms with Crippen molar-refractivity contribution >= 4 is 10.8 Å². The zero-order valence-electron chi connectivity index (χ0n) is 12.0. The van der Waals surface area contributed by atoms with Crippen LogP contribution in [0.3, 0.4) is 0 Å². The molecular formula is C19H18FN. The molecule has 3 aromatic rings. The van der Waals surface area contributed by atoms with Gasteiger partial charge in [-0.3, -0.25) is 0 Å². The van der Waals surface area contributed by atoms with Gasteiger partial charge >= 0.3 is 0 Å². The molecule has 2 N–H and O–H groups in total. The van der Waals surface area contributed by atoms with Gasteiger partial charge in [0.1, 0.15) is 5.82 Å². The number of aryl methyl sites for hydroxylation is 1. The molecule has 1 unspecified atom stereocenters. The Labute approximate surface area is 124 Å². The fourth-order valence-electron chi connectivity index (χ4n) is 2.77. The highest BCUT2D eigenvalue weighted by Gasteiger charge is 2.14. The number of halogens is 1. The van der Waals surface area contributed by atoms with Crippen molar-refractivity contribution in [1.29, 1.82) is 0 Å². The van der Waals surface area contributed by atoms with Crippen molar-refractivity contribution in [2.24, 2.45) is 5.73 Å². The molecule has 0 saturated carbocycles. The number of fused-ring (bicyclic) bond motifs is 1. The van der Waals surface area contributed by atoms with E-state index in [0.717, 1.165) is 5.56 Å². The highest BCUT2D eigenvalue weighted by Crippen LogP contribution is 2.25. The molecule has 0 saturated heterocycles. The first kappa shape index (κ1) is 13.8. The Bertz CT molecular complexity index is 774. The van der Waals surface area contributed by atoms with Gasteiger partial charge in [-0.1, -0.05) is 60.7 Å². The molecule has 0 fully saturated rings. The van der Waals surface area contributed by atoms with Crippen LogP contribution in [0, 0.1) is 12.7 Å². The minimum Gasteiger partial charge on any atom is -0.324 e. The first-order valence-electron chi connectivity index (χ1n) is 7.14. The Morgan fingerprint density at radius 3 is 2.52 bits per heavy atom. The summed E-state index contributed by atoms with van der Waals surface area (Å²) in [4.78, 5) is 0. The fourth-order valence-corrected chi connectivity index (χ4v) is 2.77. The molecule has 0 amide bonds. The molecule has 0 aliphatic heterocycles. The number of hydrogen-bond donors (Lipinski definition) is 1. The number of hydrogen-bond acceptors (Lipinski definition) is 1. The van der Waals surface area contributed by atoms with Crippen molar-refractivity contribution in [1.82, 2.24) is 0 Å². The molecule has 0 radical (unpaired) electrons. The molecule has 0 bridgehead atoms. The third-order valence-electron chi connectivity index (χ3n) is 3.94. The predicted octanol–water partition coefficient (Wildman–Crippen LogP) is 4.53. The van der Waals surface area contributed by atoms with E-state index in [0.29, 0.717) is 17.5 Å². The van der Waals surface area contributed by atoms with E-state index in [9.17, 15) is 4.39 Å². The van der Waals surface area contributed by atoms with E-state index < -0.39 is 0 Å². The standard InChI is InChI=1S/C19H18FN/c1-13-6-4-11-17(19(13)20)18(21)12-15-9-5-8-14-7-2-3-10-16(14)15/h2-11,18H,12,21H2,1H3. The van der Waals surface area contributed by atoms with Crippen LogP contribution in [0.2, 0.25) is 0 Å². The van der Waals surface area contributed by atoms with Gasteiger partial charge in [-0.25, -0.2) is 4.39 Å². The lowest BCUT2D eigenvalue weighted by atomic mass is 9.94. The fraction of sp³-hybridized carbons (Fsp3) is 0.158. The minimum absolute atomic E-state index is 0.190. The minimum atomic E-state index is -0.337. The average Bonchev–Trinajstić information content (AvgIpc) is 2.50. The summed E-state index contributed by atoms with van der Waals surface area (Å²) in [6.45, 7) is 1.77. The highest BCUT2D eigenvalue weighted by molar-refractivity contribution is 5.85. The molecule has 3 aromatic carbocycles. The van der Waals surface area contributed by atoms with Crippen LogP contribution in [-0.4, -0.2) is 0 Å². The Balaban J connectivity index is 1.97. The quantitative estimate of drug-likeness (QED) is 0.749. The molecule has 2 heteroatoms. The third-order valence-corrected chi connectivity index (χ3v) is 3.94. The summed E-state index contributed by atoms with van der Waals surface area (Å²) in [5.41, 5.74) is 8.63. The summed E-state index contributed by atoms with van der Waals surface area (Å²) in [5.74, 6) is -0.190. The maximum atomic E-state index is 14.2. The van der Waals surface area contributed by atoms with Gasteiger partial charge in [0.15, 0.2) is 0 Å². The lowest BCUT2D eigenvalue weighted by Crippen LogP contribution is -2.15. The Morgan fingerprint density at radius 1 is 0.952 bits per heavy atom. The summed E-state index contributed by atoms with van der Waals surface area (Å²) >= 11 is 0. The van der Waals surface area contributed by atoms with E-state index >= 15 is 0 Å². The van der Waals surface area contributed by atoms with Gasteiger partial charge in [-0.2, -0.15) is 0 Å². The lowest BCUT2D eigenvalue weighted by Gasteiger charge is -2.15. The molecule has 106 valence electrons. The highest BCUT2D eigenvalue weighted by atomic mass is 19.1. The third kappa shape index (κ3) is 2.67. The van der Waals surface area contributed by atoms with Crippen molar-refractivity contribution < 1.29 is 4.39 Å². The van der Waals surface area contributed by atoms with Crippen LogP contribution >= 0.6 is 0 Å². The second-order valence-electron chi connectivity index (χ2n) is 5.43. The zero-order chi connectivity index (χ0) is 14.8. The zero-order valence-corrected chi connectivity index (χ0v) is 12.0. The van der Waals surface area contributed by atoms with Crippen LogP contribution in [0.25, 0.3) is 10.8 Å². The first-order chi connectivity index (χ1) is 10.2. The molecule has 0 aliphatic carbocycles. The summed E-state index contributed by atoms with van der Waals surface area (Å²) in [6.07, 6.45) is 0.627. The molecule has 0 spiro atoms. The maximum Gasteiger partial charge on any atom is 0.130 e. The topological polar surface area (TPSA) is 26.0 Å². The second kappa shape index (κ2) is 5.66. The summed E-state index contributed by atoms with van der Waals surface area (Å²) in [6, 6.07) is 19.4. The van der Waals surface area contributed by atoms with Crippen molar-refractivity contribution in [3.63, 3.8) is 0 Å². The number of nitrogens with two attached hydrogens (primary N) is 1. The summed E-state index contributed by atoms with van der Waals surface area (Å²) < 4.78 is 14.2. The first-order valence-corrected chi connectivity index (χ1v) is 7.14. The van der Waals surface area contributed by atoms with Gasteiger partial charge in [0.25, 0.3) is 0 Å². The largest absolute Gasteiger partial charge is 0.324 e. The van der Waals surface area contributed by atoms with Crippen LogP contribution in [0.1, 0.15) is 22.7 Å². The van der Waals surface area contributed by atoms with Crippen LogP contribution in [0.15, 0.2) is 60.7 Å². The Kier molecular flexibility index (Phi) is 3.72. The van der Waals surface area contributed by atoms with E-state index in [1.54, 1.807) is 19.1 Å². The smallest absolute Gasteiger partial charge is 0.130 e. The van der Waals surface area contributed by atoms with Gasteiger partial charge in [-0.15, -0.1) is 0 Å². The van der Waals surface area contributed by atoms with Crippen LogP contribution < -0.4 is 5.73 Å². The van der Waals surface area contributed by atoms with Crippen LogP contribution in [0.4, 0.5) is 4.39 Å². The molecule has 0 heterocycles. The second-order valence-corrected chi connectivity index (χ2v) is 5.43. The van der Waals surface area contributed by atoms with Crippen molar-refractivity contribution in [2.45, 2.75) is 19.4 Å². The SMILES string of the molecule is Cc1cccc(C(N)Cc2cccc3ccccc23)c1F. The Hall–Kier alpha value is -2.19. The van der Waals surface area contributed by atoms with Crippen molar-refractivity contribution in [2.75, 3.05) is 0 Å². The van der Waals surface area contributed by atoms with Gasteiger partial charge in [0.05, 0.1) is 0 Å². The molecular weight excluding hydrogens is 261 g/mol. The van der Waals surface area contributed by atoms with Crippen molar-refractivity contribution in [3.05, 3.63) is 83.2 Å². The molecule has 3 rings (SSSR count). The van der Waals surface area contributed by atoms with E-state index in [1.807, 2.05) is 24.3 Å². The monoisotopic (exact) mass is 279 g/mol. The van der Waals surface area contributed by atoms with Gasteiger partial charge < -0.3 is 5.73 Å². The normalized spacial score (nSPS) is 12.5. The molecule has 1 nitrogen and oxygen atoms in total. The molecule has 0 aromatic heterocycles. The number of rotatable bonds is 3. The van der Waals surface area contributed by atoms with E-state index in [-0.39, 0.29) is 11.9 Å². The molecule has 21 heavy (non-hydrogen) atoms. The van der Waals surface area contributed by atoms with E-state index in [2.05, 4.69) is 24.3 Å². The molecule has 1 atom stereocenters. The maximum absolute atomic E-state index is 14.2. The van der Waals surface area contributed by atoms with Crippen molar-refractivity contribution in [3.8, 4) is 0 Å². The number of benzene rings is 3. The summed E-state index contributed by atoms with van der Waals surface area (Å²) in [7, 11) is 0. The lowest BCUT2D eigenvalue weighted by molar-refractivity contribution is 0.573. The van der Waals surface area contributed by atoms with Gasteiger partial charge in [0, 0.05) is 11.6 Å². The molecule has 0 aliphatic rings. The van der Waals surface area contributed by atoms with Gasteiger partial charge in [0.2, 0.25) is 0 Å². The van der Waals surface area contributed by atoms with Crippen LogP contribution in [0.5, 0.6) is 0 Å². The van der Waals surface area contributed by atoms with E-state index in [1.165, 1.54) is 10.8 Å². The Morgan fingerprint density at radius 2 is 1.67 bits per heavy atom. The predicted molar refractivity (Wildman–Crippen MR) is 85.7 cm³/mol.